The van der Waals surface area contributed by atoms with Gasteiger partial charge in [-0.3, -0.25) is 0 Å². The number of benzene rings is 1. The number of fused-ring (bicyclic) bond motifs is 1. The van der Waals surface area contributed by atoms with Crippen LogP contribution in [0.5, 0.6) is 0 Å². The van der Waals surface area contributed by atoms with E-state index in [4.69, 9.17) is 0 Å². The van der Waals surface area contributed by atoms with E-state index < -0.39 is 10.0 Å². The predicted octanol–water partition coefficient (Wildman–Crippen LogP) is 1.77. The summed E-state index contributed by atoms with van der Waals surface area (Å²) in [5.74, 6) is 0. The molecule has 0 unspecified atom stereocenters. The van der Waals surface area contributed by atoms with Gasteiger partial charge in [-0.05, 0) is 63.9 Å². The van der Waals surface area contributed by atoms with E-state index in [1.807, 2.05) is 33.0 Å². The van der Waals surface area contributed by atoms with Gasteiger partial charge in [0, 0.05) is 24.5 Å². The fourth-order valence-corrected chi connectivity index (χ4v) is 6.09. The smallest absolute Gasteiger partial charge is 0.243 e. The number of likely N-dealkylation sites (tertiary alicyclic amines) is 1. The lowest BCUT2D eigenvalue weighted by atomic mass is 9.69. The van der Waals surface area contributed by atoms with Crippen LogP contribution in [0.15, 0.2) is 23.1 Å². The quantitative estimate of drug-likeness (QED) is 0.901. The lowest BCUT2D eigenvalue weighted by molar-refractivity contribution is -0.0508. The Bertz CT molecular complexity index is 719. The van der Waals surface area contributed by atoms with Crippen molar-refractivity contribution in [3.8, 4) is 0 Å². The van der Waals surface area contributed by atoms with Crippen LogP contribution >= 0.6 is 0 Å². The zero-order valence-corrected chi connectivity index (χ0v) is 15.6. The summed E-state index contributed by atoms with van der Waals surface area (Å²) >= 11 is 0. The van der Waals surface area contributed by atoms with Gasteiger partial charge >= 0.3 is 0 Å². The van der Waals surface area contributed by atoms with E-state index in [0.717, 1.165) is 36.9 Å². The van der Waals surface area contributed by atoms with Gasteiger partial charge in [0.15, 0.2) is 0 Å². The normalized spacial score (nSPS) is 29.4. The third-order valence-corrected chi connectivity index (χ3v) is 7.94. The van der Waals surface area contributed by atoms with Crippen LogP contribution in [-0.4, -0.2) is 62.1 Å². The molecule has 0 amide bonds. The van der Waals surface area contributed by atoms with Crippen molar-refractivity contribution in [2.24, 2.45) is 5.41 Å². The molecule has 5 nitrogen and oxygen atoms in total. The molecule has 0 aromatic heterocycles. The van der Waals surface area contributed by atoms with Crippen molar-refractivity contribution >= 4 is 10.0 Å². The van der Waals surface area contributed by atoms with Crippen molar-refractivity contribution in [2.45, 2.75) is 44.0 Å². The molecule has 134 valence electrons. The van der Waals surface area contributed by atoms with Crippen LogP contribution in [0.3, 0.4) is 0 Å². The van der Waals surface area contributed by atoms with Gasteiger partial charge in [0.2, 0.25) is 10.0 Å². The largest absolute Gasteiger partial charge is 0.396 e. The molecule has 1 aromatic carbocycles. The number of likely N-dealkylation sites (N-methyl/N-ethyl adjacent to an activating group) is 1. The highest BCUT2D eigenvalue weighted by molar-refractivity contribution is 7.89. The van der Waals surface area contributed by atoms with Crippen molar-refractivity contribution < 1.29 is 13.5 Å². The minimum absolute atomic E-state index is 0.0879. The van der Waals surface area contributed by atoms with Gasteiger partial charge in [-0.2, -0.15) is 4.31 Å². The third kappa shape index (κ3) is 2.90. The number of sulfonamides is 1. The second kappa shape index (κ2) is 6.41. The molecule has 2 heterocycles. The molecular formula is C18H28N2O3S. The SMILES string of the molecule is Cc1ccc(C)c(S(=O)(=O)N2CC[C@@]3(CO)CCCN(C)[C@@H]3C2)c1. The summed E-state index contributed by atoms with van der Waals surface area (Å²) < 4.78 is 28.0. The van der Waals surface area contributed by atoms with E-state index in [2.05, 4.69) is 4.90 Å². The molecule has 3 rings (SSSR count). The molecule has 1 N–H and O–H groups in total. The molecule has 2 saturated heterocycles. The maximum absolute atomic E-state index is 13.2. The lowest BCUT2D eigenvalue weighted by Gasteiger charge is -2.53. The first-order valence-electron chi connectivity index (χ1n) is 8.69. The van der Waals surface area contributed by atoms with Crippen molar-refractivity contribution in [3.63, 3.8) is 0 Å². The Morgan fingerprint density at radius 3 is 2.71 bits per heavy atom. The Kier molecular flexibility index (Phi) is 4.77. The van der Waals surface area contributed by atoms with Gasteiger partial charge in [-0.1, -0.05) is 12.1 Å². The summed E-state index contributed by atoms with van der Waals surface area (Å²) in [7, 11) is -1.46. The molecule has 6 heteroatoms. The second-order valence-electron chi connectivity index (χ2n) is 7.50. The summed E-state index contributed by atoms with van der Waals surface area (Å²) in [6.45, 7) is 5.82. The number of piperidine rings is 2. The minimum Gasteiger partial charge on any atom is -0.396 e. The molecular weight excluding hydrogens is 324 g/mol. The van der Waals surface area contributed by atoms with Crippen LogP contribution in [0.4, 0.5) is 0 Å². The van der Waals surface area contributed by atoms with Crippen molar-refractivity contribution in [3.05, 3.63) is 29.3 Å². The highest BCUT2D eigenvalue weighted by atomic mass is 32.2. The van der Waals surface area contributed by atoms with E-state index in [0.29, 0.717) is 18.0 Å². The fourth-order valence-electron chi connectivity index (χ4n) is 4.33. The fraction of sp³-hybridized carbons (Fsp3) is 0.667. The monoisotopic (exact) mass is 352 g/mol. The van der Waals surface area contributed by atoms with E-state index in [9.17, 15) is 13.5 Å². The Labute approximate surface area is 145 Å². The van der Waals surface area contributed by atoms with E-state index in [1.165, 1.54) is 0 Å². The average molecular weight is 353 g/mol. The molecule has 2 aliphatic rings. The summed E-state index contributed by atoms with van der Waals surface area (Å²) in [6, 6.07) is 5.67. The van der Waals surface area contributed by atoms with E-state index >= 15 is 0 Å². The lowest BCUT2D eigenvalue weighted by Crippen LogP contribution is -2.62. The highest BCUT2D eigenvalue weighted by Crippen LogP contribution is 2.42. The zero-order chi connectivity index (χ0) is 17.5. The van der Waals surface area contributed by atoms with Gasteiger partial charge in [0.25, 0.3) is 0 Å². The summed E-state index contributed by atoms with van der Waals surface area (Å²) in [5, 5.41) is 9.99. The number of aryl methyl sites for hydroxylation is 2. The first-order chi connectivity index (χ1) is 11.3. The average Bonchev–Trinajstić information content (AvgIpc) is 2.57. The Morgan fingerprint density at radius 2 is 2.00 bits per heavy atom. The van der Waals surface area contributed by atoms with Crippen LogP contribution in [0, 0.1) is 19.3 Å². The Morgan fingerprint density at radius 1 is 1.25 bits per heavy atom. The van der Waals surface area contributed by atoms with Crippen LogP contribution in [-0.2, 0) is 10.0 Å². The minimum atomic E-state index is -3.50. The van der Waals surface area contributed by atoms with Crippen molar-refractivity contribution in [1.82, 2.24) is 9.21 Å². The highest BCUT2D eigenvalue weighted by Gasteiger charge is 2.48. The molecule has 0 bridgehead atoms. The molecule has 2 atom stereocenters. The molecule has 0 spiro atoms. The van der Waals surface area contributed by atoms with Crippen LogP contribution in [0.1, 0.15) is 30.4 Å². The molecule has 2 aliphatic heterocycles. The molecule has 0 aliphatic carbocycles. The molecule has 2 fully saturated rings. The summed E-state index contributed by atoms with van der Waals surface area (Å²) in [6.07, 6.45) is 2.77. The topological polar surface area (TPSA) is 60.9 Å². The Hall–Kier alpha value is -0.950. The zero-order valence-electron chi connectivity index (χ0n) is 14.8. The number of hydrogen-bond acceptors (Lipinski definition) is 4. The molecule has 0 saturated carbocycles. The van der Waals surface area contributed by atoms with Gasteiger partial charge in [-0.15, -0.1) is 0 Å². The summed E-state index contributed by atoms with van der Waals surface area (Å²) in [4.78, 5) is 2.64. The Balaban J connectivity index is 1.92. The maximum atomic E-state index is 13.2. The van der Waals surface area contributed by atoms with Gasteiger partial charge in [0.1, 0.15) is 0 Å². The third-order valence-electron chi connectivity index (χ3n) is 5.94. The van der Waals surface area contributed by atoms with Gasteiger partial charge in [-0.25, -0.2) is 8.42 Å². The molecule has 24 heavy (non-hydrogen) atoms. The van der Waals surface area contributed by atoms with Crippen molar-refractivity contribution in [2.75, 3.05) is 33.3 Å². The number of nitrogens with zero attached hydrogens (tertiary/aromatic N) is 2. The standard InChI is InChI=1S/C18H28N2O3S/c1-14-5-6-15(2)16(11-14)24(22,23)20-10-8-18(13-21)7-4-9-19(3)17(18)12-20/h5-6,11,17,21H,4,7-10,12-13H2,1-3H3/t17-,18-/m1/s1. The summed E-state index contributed by atoms with van der Waals surface area (Å²) in [5.41, 5.74) is 1.59. The van der Waals surface area contributed by atoms with Crippen LogP contribution in [0.25, 0.3) is 0 Å². The number of rotatable bonds is 3. The first kappa shape index (κ1) is 17.9. The van der Waals surface area contributed by atoms with E-state index in [1.54, 1.807) is 10.4 Å². The van der Waals surface area contributed by atoms with Crippen molar-refractivity contribution in [1.29, 1.82) is 0 Å². The van der Waals surface area contributed by atoms with Crippen LogP contribution in [0.2, 0.25) is 0 Å². The maximum Gasteiger partial charge on any atom is 0.243 e. The number of aliphatic hydroxyl groups is 1. The number of hydrogen-bond donors (Lipinski definition) is 1. The molecule has 1 aromatic rings. The number of aliphatic hydroxyl groups excluding tert-OH is 1. The van der Waals surface area contributed by atoms with Gasteiger partial charge < -0.3 is 10.0 Å². The van der Waals surface area contributed by atoms with E-state index in [-0.39, 0.29) is 18.1 Å². The predicted molar refractivity (Wildman–Crippen MR) is 94.5 cm³/mol. The van der Waals surface area contributed by atoms with Gasteiger partial charge in [0.05, 0.1) is 11.5 Å². The van der Waals surface area contributed by atoms with Crippen LogP contribution < -0.4 is 0 Å². The first-order valence-corrected chi connectivity index (χ1v) is 10.1. The molecule has 0 radical (unpaired) electrons. The second-order valence-corrected chi connectivity index (χ2v) is 9.41.